The number of hydrogen-bond acceptors (Lipinski definition) is 4. The van der Waals surface area contributed by atoms with Gasteiger partial charge in [0.1, 0.15) is 22.2 Å². The van der Waals surface area contributed by atoms with Gasteiger partial charge in [-0.25, -0.2) is 22.3 Å². The van der Waals surface area contributed by atoms with Crippen LogP contribution in [0.3, 0.4) is 0 Å². The second kappa shape index (κ2) is 6.25. The molecule has 3 rings (SSSR count). The van der Waals surface area contributed by atoms with Crippen LogP contribution >= 0.6 is 0 Å². The van der Waals surface area contributed by atoms with Crippen molar-refractivity contribution in [2.45, 2.75) is 23.8 Å². The number of carboxylic acid groups (broad SMARTS) is 1. The molecular formula is C15H15FN2O5S. The maximum Gasteiger partial charge on any atom is 0.352 e. The fourth-order valence-electron chi connectivity index (χ4n) is 2.58. The van der Waals surface area contributed by atoms with Crippen LogP contribution in [0.1, 0.15) is 34.9 Å². The van der Waals surface area contributed by atoms with Crippen LogP contribution in [0.25, 0.3) is 0 Å². The van der Waals surface area contributed by atoms with Crippen molar-refractivity contribution in [3.8, 4) is 5.75 Å². The van der Waals surface area contributed by atoms with Gasteiger partial charge < -0.3 is 14.8 Å². The lowest BCUT2D eigenvalue weighted by atomic mass is 10.0. The zero-order valence-electron chi connectivity index (χ0n) is 12.5. The second-order valence-electron chi connectivity index (χ2n) is 5.40. The van der Waals surface area contributed by atoms with E-state index in [1.807, 2.05) is 0 Å². The van der Waals surface area contributed by atoms with E-state index in [0.717, 1.165) is 12.3 Å². The lowest BCUT2D eigenvalue weighted by molar-refractivity contribution is 0.0691. The van der Waals surface area contributed by atoms with E-state index in [2.05, 4.69) is 9.71 Å². The molecule has 0 radical (unpaired) electrons. The maximum atomic E-state index is 13.4. The summed E-state index contributed by atoms with van der Waals surface area (Å²) in [7, 11) is -3.94. The van der Waals surface area contributed by atoms with E-state index in [9.17, 15) is 17.6 Å². The number of benzene rings is 1. The molecular weight excluding hydrogens is 339 g/mol. The van der Waals surface area contributed by atoms with Crippen LogP contribution < -0.4 is 9.46 Å². The molecule has 1 unspecified atom stereocenters. The van der Waals surface area contributed by atoms with Crippen molar-refractivity contribution in [2.24, 2.45) is 0 Å². The molecule has 1 aromatic heterocycles. The Hall–Kier alpha value is -2.39. The highest BCUT2D eigenvalue weighted by molar-refractivity contribution is 7.89. The number of carboxylic acids is 1. The molecule has 1 atom stereocenters. The molecule has 0 saturated carbocycles. The Morgan fingerprint density at radius 3 is 2.88 bits per heavy atom. The van der Waals surface area contributed by atoms with Gasteiger partial charge >= 0.3 is 5.97 Å². The number of ether oxygens (including phenoxy) is 1. The Morgan fingerprint density at radius 1 is 1.38 bits per heavy atom. The first-order valence-electron chi connectivity index (χ1n) is 7.23. The fraction of sp³-hybridized carbons (Fsp3) is 0.267. The highest BCUT2D eigenvalue weighted by Crippen LogP contribution is 2.33. The number of aromatic amines is 1. The lowest BCUT2D eigenvalue weighted by Gasteiger charge is -2.18. The first-order valence-corrected chi connectivity index (χ1v) is 8.71. The summed E-state index contributed by atoms with van der Waals surface area (Å²) >= 11 is 0. The van der Waals surface area contributed by atoms with Crippen molar-refractivity contribution in [3.05, 3.63) is 47.5 Å². The minimum absolute atomic E-state index is 0.172. The number of nitrogens with one attached hydrogen (secondary N) is 2. The van der Waals surface area contributed by atoms with Gasteiger partial charge in [0.05, 0.1) is 12.6 Å². The zero-order valence-corrected chi connectivity index (χ0v) is 13.3. The average Bonchev–Trinajstić information content (AvgIpc) is 2.94. The van der Waals surface area contributed by atoms with Gasteiger partial charge in [0.2, 0.25) is 10.0 Å². The van der Waals surface area contributed by atoms with Crippen LogP contribution in [0, 0.1) is 5.82 Å². The van der Waals surface area contributed by atoms with Crippen LogP contribution in [0.5, 0.6) is 5.75 Å². The fourth-order valence-corrected chi connectivity index (χ4v) is 3.82. The summed E-state index contributed by atoms with van der Waals surface area (Å²) in [5.41, 5.74) is 0.327. The van der Waals surface area contributed by atoms with Crippen LogP contribution in [-0.4, -0.2) is 31.1 Å². The first kappa shape index (κ1) is 16.5. The van der Waals surface area contributed by atoms with Crippen molar-refractivity contribution in [2.75, 3.05) is 6.61 Å². The number of aromatic nitrogens is 1. The highest BCUT2D eigenvalue weighted by Gasteiger charge is 2.27. The summed E-state index contributed by atoms with van der Waals surface area (Å²) < 4.78 is 46.3. The summed E-state index contributed by atoms with van der Waals surface area (Å²) in [5, 5.41) is 8.88. The maximum absolute atomic E-state index is 13.4. The monoisotopic (exact) mass is 354 g/mol. The molecule has 1 aliphatic heterocycles. The van der Waals surface area contributed by atoms with Gasteiger partial charge in [-0.3, -0.25) is 0 Å². The average molecular weight is 354 g/mol. The largest absolute Gasteiger partial charge is 0.493 e. The zero-order chi connectivity index (χ0) is 17.3. The molecule has 0 amide bonds. The third-order valence-corrected chi connectivity index (χ3v) is 5.19. The molecule has 0 bridgehead atoms. The van der Waals surface area contributed by atoms with E-state index in [0.29, 0.717) is 30.8 Å². The third-order valence-electron chi connectivity index (χ3n) is 3.74. The van der Waals surface area contributed by atoms with Gasteiger partial charge in [0.15, 0.2) is 0 Å². The lowest BCUT2D eigenvalue weighted by Crippen LogP contribution is -2.28. The van der Waals surface area contributed by atoms with Crippen LogP contribution in [-0.2, 0) is 10.0 Å². The SMILES string of the molecule is O=C(O)c1cc(S(=O)(=O)NC2CCCOc3cc(F)ccc32)c[nH]1. The number of halogens is 1. The van der Waals surface area contributed by atoms with Gasteiger partial charge in [-0.1, -0.05) is 6.07 Å². The van der Waals surface area contributed by atoms with Crippen LogP contribution in [0.15, 0.2) is 35.4 Å². The van der Waals surface area contributed by atoms with Gasteiger partial charge in [0.25, 0.3) is 0 Å². The molecule has 128 valence electrons. The van der Waals surface area contributed by atoms with Crippen molar-refractivity contribution in [1.29, 1.82) is 0 Å². The van der Waals surface area contributed by atoms with Crippen LogP contribution in [0.4, 0.5) is 4.39 Å². The van der Waals surface area contributed by atoms with Gasteiger partial charge in [-0.2, -0.15) is 0 Å². The number of aromatic carboxylic acids is 1. The normalized spacial score (nSPS) is 17.6. The molecule has 2 heterocycles. The van der Waals surface area contributed by atoms with Crippen molar-refractivity contribution in [3.63, 3.8) is 0 Å². The predicted molar refractivity (Wildman–Crippen MR) is 81.9 cm³/mol. The molecule has 1 aromatic carbocycles. The molecule has 0 spiro atoms. The second-order valence-corrected chi connectivity index (χ2v) is 7.11. The molecule has 0 saturated heterocycles. The van der Waals surface area contributed by atoms with E-state index < -0.39 is 27.9 Å². The third kappa shape index (κ3) is 3.26. The summed E-state index contributed by atoms with van der Waals surface area (Å²) in [6.07, 6.45) is 2.19. The molecule has 0 aliphatic carbocycles. The van der Waals surface area contributed by atoms with Crippen LogP contribution in [0.2, 0.25) is 0 Å². The van der Waals surface area contributed by atoms with E-state index in [1.165, 1.54) is 18.2 Å². The smallest absolute Gasteiger partial charge is 0.352 e. The number of sulfonamides is 1. The van der Waals surface area contributed by atoms with Gasteiger partial charge in [-0.05, 0) is 25.0 Å². The summed E-state index contributed by atoms with van der Waals surface area (Å²) in [6, 6.07) is 4.41. The van der Waals surface area contributed by atoms with E-state index in [4.69, 9.17) is 9.84 Å². The van der Waals surface area contributed by atoms with Gasteiger partial charge in [0, 0.05) is 17.8 Å². The number of carbonyl (C=O) groups is 1. The Balaban J connectivity index is 1.90. The highest BCUT2D eigenvalue weighted by atomic mass is 32.2. The Kier molecular flexibility index (Phi) is 4.29. The van der Waals surface area contributed by atoms with Gasteiger partial charge in [-0.15, -0.1) is 0 Å². The topological polar surface area (TPSA) is 108 Å². The molecule has 24 heavy (non-hydrogen) atoms. The Morgan fingerprint density at radius 2 is 2.17 bits per heavy atom. The number of rotatable bonds is 4. The molecule has 0 fully saturated rings. The quantitative estimate of drug-likeness (QED) is 0.779. The van der Waals surface area contributed by atoms with E-state index in [1.54, 1.807) is 0 Å². The van der Waals surface area contributed by atoms with Crippen molar-refractivity contribution >= 4 is 16.0 Å². The number of H-pyrrole nitrogens is 1. The Bertz CT molecular complexity index is 878. The number of hydrogen-bond donors (Lipinski definition) is 3. The summed E-state index contributed by atoms with van der Waals surface area (Å²) in [4.78, 5) is 13.1. The van der Waals surface area contributed by atoms with E-state index in [-0.39, 0.29) is 10.6 Å². The summed E-state index contributed by atoms with van der Waals surface area (Å²) in [5.74, 6) is -1.41. The number of fused-ring (bicyclic) bond motifs is 1. The molecule has 3 N–H and O–H groups in total. The standard InChI is InChI=1S/C15H15FN2O5S/c16-9-3-4-11-12(2-1-5-23-14(11)6-9)18-24(21,22)10-7-13(15(19)20)17-8-10/h3-4,6-8,12,17-18H,1-2,5H2,(H,19,20). The first-order chi connectivity index (χ1) is 11.4. The molecule has 7 nitrogen and oxygen atoms in total. The minimum Gasteiger partial charge on any atom is -0.493 e. The predicted octanol–water partition coefficient (Wildman–Crippen LogP) is 2.04. The van der Waals surface area contributed by atoms with E-state index >= 15 is 0 Å². The summed E-state index contributed by atoms with van der Waals surface area (Å²) in [6.45, 7) is 0.363. The molecule has 2 aromatic rings. The van der Waals surface area contributed by atoms with Crippen molar-refractivity contribution in [1.82, 2.24) is 9.71 Å². The molecule has 1 aliphatic rings. The van der Waals surface area contributed by atoms with Crippen molar-refractivity contribution < 1.29 is 27.4 Å². The molecule has 9 heteroatoms. The Labute approximate surface area is 137 Å². The minimum atomic E-state index is -3.94.